The summed E-state index contributed by atoms with van der Waals surface area (Å²) in [5.41, 5.74) is 1.98. The number of esters is 2. The molecule has 4 heteroatoms. The summed E-state index contributed by atoms with van der Waals surface area (Å²) in [4.78, 5) is 24.5. The number of carbonyl (C=O) groups excluding carboxylic acids is 2. The van der Waals surface area contributed by atoms with Crippen LogP contribution >= 0.6 is 0 Å². The van der Waals surface area contributed by atoms with Crippen LogP contribution in [-0.2, 0) is 14.3 Å². The Balaban J connectivity index is 0. The van der Waals surface area contributed by atoms with Gasteiger partial charge in [0.25, 0.3) is 0 Å². The molecule has 0 saturated heterocycles. The molecule has 0 saturated carbocycles. The van der Waals surface area contributed by atoms with Crippen LogP contribution in [0.3, 0.4) is 0 Å². The normalized spacial score (nSPS) is 15.2. The first kappa shape index (κ1) is 44.7. The van der Waals surface area contributed by atoms with Crippen LogP contribution in [0, 0.1) is 35.5 Å². The van der Waals surface area contributed by atoms with E-state index in [4.69, 9.17) is 4.74 Å². The molecule has 0 amide bonds. The van der Waals surface area contributed by atoms with Gasteiger partial charge in [0.1, 0.15) is 0 Å². The summed E-state index contributed by atoms with van der Waals surface area (Å²) in [5, 5.41) is 0. The van der Waals surface area contributed by atoms with Gasteiger partial charge in [0.15, 0.2) is 0 Å². The molecular formula is C40H77NO3. The van der Waals surface area contributed by atoms with Crippen molar-refractivity contribution in [2.24, 2.45) is 35.5 Å². The first-order valence-corrected chi connectivity index (χ1v) is 18.4. The number of rotatable bonds is 26. The van der Waals surface area contributed by atoms with E-state index >= 15 is 0 Å². The lowest BCUT2D eigenvalue weighted by molar-refractivity contribution is -0.152. The maximum atomic E-state index is 12.3. The van der Waals surface area contributed by atoms with Gasteiger partial charge in [-0.1, -0.05) is 156 Å². The molecule has 0 aliphatic carbocycles. The third kappa shape index (κ3) is 29.3. The molecular weight excluding hydrogens is 542 g/mol. The molecule has 0 aromatic heterocycles. The smallest absolute Gasteiger partial charge is 0.338 e. The first-order valence-electron chi connectivity index (χ1n) is 18.4. The Morgan fingerprint density at radius 3 is 0.977 bits per heavy atom. The second-order valence-corrected chi connectivity index (χ2v) is 15.4. The van der Waals surface area contributed by atoms with Gasteiger partial charge in [-0.2, -0.15) is 0 Å². The minimum Gasteiger partial charge on any atom is -0.387 e. The van der Waals surface area contributed by atoms with Crippen LogP contribution < -0.4 is 6.15 Å². The van der Waals surface area contributed by atoms with Crippen molar-refractivity contribution in [3.05, 3.63) is 23.3 Å². The van der Waals surface area contributed by atoms with Crippen molar-refractivity contribution >= 4 is 11.9 Å². The fourth-order valence-corrected chi connectivity index (χ4v) is 6.12. The summed E-state index contributed by atoms with van der Waals surface area (Å²) in [5.74, 6) is 3.66. The van der Waals surface area contributed by atoms with E-state index in [1.54, 1.807) is 0 Å². The summed E-state index contributed by atoms with van der Waals surface area (Å²) in [7, 11) is 0. The molecule has 0 radical (unpaired) electrons. The van der Waals surface area contributed by atoms with Crippen LogP contribution in [0.1, 0.15) is 185 Å². The quantitative estimate of drug-likeness (QED) is 0.0593. The number of hydrogen-bond acceptors (Lipinski definition) is 4. The average Bonchev–Trinajstić information content (AvgIpc) is 2.87. The Kier molecular flexibility index (Phi) is 28.3. The summed E-state index contributed by atoms with van der Waals surface area (Å²) < 4.78 is 5.05. The molecule has 0 aromatic carbocycles. The fourth-order valence-electron chi connectivity index (χ4n) is 6.12. The monoisotopic (exact) mass is 620 g/mol. The highest BCUT2D eigenvalue weighted by atomic mass is 16.6. The highest BCUT2D eigenvalue weighted by molar-refractivity contribution is 5.96. The van der Waals surface area contributed by atoms with Crippen LogP contribution in [0.15, 0.2) is 23.3 Å². The van der Waals surface area contributed by atoms with Gasteiger partial charge in [-0.25, -0.2) is 9.59 Å². The number of ether oxygens (including phenoxy) is 1. The molecule has 4 atom stereocenters. The molecule has 0 rings (SSSR count). The van der Waals surface area contributed by atoms with Crippen molar-refractivity contribution in [3.8, 4) is 0 Å². The molecule has 0 aliphatic rings. The number of hydrogen-bond donors (Lipinski definition) is 1. The van der Waals surface area contributed by atoms with Crippen molar-refractivity contribution in [2.75, 3.05) is 0 Å². The maximum Gasteiger partial charge on any atom is 0.338 e. The van der Waals surface area contributed by atoms with Crippen molar-refractivity contribution in [1.29, 1.82) is 0 Å². The van der Waals surface area contributed by atoms with E-state index in [-0.39, 0.29) is 6.15 Å². The van der Waals surface area contributed by atoms with E-state index in [0.717, 1.165) is 60.5 Å². The van der Waals surface area contributed by atoms with E-state index < -0.39 is 11.9 Å². The second kappa shape index (κ2) is 27.9. The van der Waals surface area contributed by atoms with Crippen LogP contribution in [0.4, 0.5) is 0 Å². The Morgan fingerprint density at radius 1 is 0.455 bits per heavy atom. The molecule has 0 spiro atoms. The fraction of sp³-hybridized carbons (Fsp3) is 0.850. The Labute approximate surface area is 275 Å². The molecule has 0 unspecified atom stereocenters. The maximum absolute atomic E-state index is 12.3. The van der Waals surface area contributed by atoms with E-state index in [1.807, 2.05) is 13.8 Å². The van der Waals surface area contributed by atoms with Crippen LogP contribution in [0.2, 0.25) is 0 Å². The highest BCUT2D eigenvalue weighted by Gasteiger charge is 2.10. The lowest BCUT2D eigenvalue weighted by Crippen LogP contribution is -2.08. The van der Waals surface area contributed by atoms with Gasteiger partial charge in [0, 0.05) is 12.2 Å². The van der Waals surface area contributed by atoms with Crippen LogP contribution in [-0.4, -0.2) is 11.9 Å². The van der Waals surface area contributed by atoms with Crippen molar-refractivity contribution in [2.45, 2.75) is 185 Å². The molecule has 0 bridgehead atoms. The molecule has 44 heavy (non-hydrogen) atoms. The van der Waals surface area contributed by atoms with Gasteiger partial charge in [0.2, 0.25) is 0 Å². The van der Waals surface area contributed by atoms with Gasteiger partial charge < -0.3 is 10.9 Å². The molecule has 0 aromatic rings. The zero-order valence-electron chi connectivity index (χ0n) is 31.3. The molecule has 260 valence electrons. The third-order valence-corrected chi connectivity index (χ3v) is 9.21. The minimum absolute atomic E-state index is 0. The minimum atomic E-state index is -0.543. The molecule has 0 aliphatic heterocycles. The molecule has 4 nitrogen and oxygen atoms in total. The zero-order valence-corrected chi connectivity index (χ0v) is 31.3. The Bertz CT molecular complexity index is 717. The van der Waals surface area contributed by atoms with E-state index in [9.17, 15) is 9.59 Å². The molecule has 0 fully saturated rings. The molecule has 3 N–H and O–H groups in total. The van der Waals surface area contributed by atoms with E-state index in [0.29, 0.717) is 11.8 Å². The van der Waals surface area contributed by atoms with Gasteiger partial charge in [0.05, 0.1) is 0 Å². The summed E-state index contributed by atoms with van der Waals surface area (Å²) in [6, 6.07) is 0. The van der Waals surface area contributed by atoms with Gasteiger partial charge in [-0.15, -0.1) is 0 Å². The van der Waals surface area contributed by atoms with E-state index in [1.165, 1.54) is 102 Å². The highest BCUT2D eigenvalue weighted by Crippen LogP contribution is 2.23. The van der Waals surface area contributed by atoms with Crippen LogP contribution in [0.25, 0.3) is 0 Å². The zero-order chi connectivity index (χ0) is 32.6. The SMILES string of the molecule is C/C(=C\C(=O)OC(=O)/C=C(\C)CCC[C@H](C)CCC[C@H](C)CCCC(C)C)CCC[C@H](C)CCC[C@H](C)CCCC(C)C.N. The lowest BCUT2D eigenvalue weighted by atomic mass is 9.91. The second-order valence-electron chi connectivity index (χ2n) is 15.4. The lowest BCUT2D eigenvalue weighted by Gasteiger charge is -2.15. The largest absolute Gasteiger partial charge is 0.387 e. The van der Waals surface area contributed by atoms with E-state index in [2.05, 4.69) is 55.4 Å². The number of allylic oxidation sites excluding steroid dienone is 2. The Hall–Kier alpha value is -1.42. The standard InChI is InChI=1S/C40H74O3.H3N/c1-31(2)17-11-19-33(5)21-13-23-35(7)25-15-27-37(9)29-39(41)43-40(42)30-38(10)28-16-26-36(8)24-14-22-34(6)20-12-18-32(3)4;/h29-36H,11-28H2,1-10H3;1H3/b37-29+,38-30+;/t33-,34-,35-,36-;/m1./s1. The van der Waals surface area contributed by atoms with Crippen molar-refractivity contribution in [1.82, 2.24) is 6.15 Å². The third-order valence-electron chi connectivity index (χ3n) is 9.21. The predicted octanol–water partition coefficient (Wildman–Crippen LogP) is 13.0. The topological polar surface area (TPSA) is 78.4 Å². The van der Waals surface area contributed by atoms with Crippen LogP contribution in [0.5, 0.6) is 0 Å². The summed E-state index contributed by atoms with van der Waals surface area (Å²) >= 11 is 0. The summed E-state index contributed by atoms with van der Waals surface area (Å²) in [6.07, 6.45) is 25.3. The van der Waals surface area contributed by atoms with Gasteiger partial charge >= 0.3 is 11.9 Å². The average molecular weight is 620 g/mol. The van der Waals surface area contributed by atoms with Gasteiger partial charge in [-0.3, -0.25) is 0 Å². The molecule has 0 heterocycles. The summed E-state index contributed by atoms with van der Waals surface area (Å²) in [6.45, 7) is 22.7. The first-order chi connectivity index (χ1) is 20.3. The Morgan fingerprint density at radius 2 is 0.705 bits per heavy atom. The van der Waals surface area contributed by atoms with Crippen molar-refractivity contribution < 1.29 is 14.3 Å². The predicted molar refractivity (Wildman–Crippen MR) is 193 cm³/mol. The van der Waals surface area contributed by atoms with Crippen molar-refractivity contribution in [3.63, 3.8) is 0 Å². The number of carbonyl (C=O) groups is 2. The van der Waals surface area contributed by atoms with Gasteiger partial charge in [-0.05, 0) is 75.0 Å².